The van der Waals surface area contributed by atoms with Crippen molar-refractivity contribution in [2.24, 2.45) is 5.73 Å². The van der Waals surface area contributed by atoms with Gasteiger partial charge < -0.3 is 16.2 Å². The van der Waals surface area contributed by atoms with Crippen molar-refractivity contribution in [2.45, 2.75) is 13.3 Å². The summed E-state index contributed by atoms with van der Waals surface area (Å²) in [7, 11) is 0. The second-order valence-electron chi connectivity index (χ2n) is 3.37. The first kappa shape index (κ1) is 14.4. The molecule has 0 aromatic rings. The van der Waals surface area contributed by atoms with Crippen molar-refractivity contribution in [1.29, 1.82) is 0 Å². The van der Waals surface area contributed by atoms with Gasteiger partial charge in [-0.15, -0.1) is 0 Å². The molecule has 0 bridgehead atoms. The number of carbonyl (C=O) groups is 3. The molecule has 0 atom stereocenters. The number of primary amides is 1. The number of nitrogens with two attached hydrogens (primary N) is 1. The maximum Gasteiger partial charge on any atom is 0.304 e. The molecule has 0 rings (SSSR count). The number of nitrogens with one attached hydrogen (secondary N) is 1. The Morgan fingerprint density at radius 2 is 1.94 bits per heavy atom. The van der Waals surface area contributed by atoms with Gasteiger partial charge in [-0.3, -0.25) is 19.3 Å². The minimum Gasteiger partial charge on any atom is -0.481 e. The fourth-order valence-corrected chi connectivity index (χ4v) is 1.13. The number of carboxylic acid groups (broad SMARTS) is 1. The SMILES string of the molecule is CC(=O)NCCN(CCC(=O)O)CC(N)=O. The van der Waals surface area contributed by atoms with E-state index >= 15 is 0 Å². The zero-order chi connectivity index (χ0) is 12.6. The van der Waals surface area contributed by atoms with Crippen LogP contribution in [0.2, 0.25) is 0 Å². The number of amides is 2. The Bertz CT molecular complexity index is 267. The third-order valence-corrected chi connectivity index (χ3v) is 1.82. The second-order valence-corrected chi connectivity index (χ2v) is 3.37. The van der Waals surface area contributed by atoms with Crippen LogP contribution in [-0.4, -0.2) is 54.0 Å². The summed E-state index contributed by atoms with van der Waals surface area (Å²) in [6.07, 6.45) is -0.0622. The largest absolute Gasteiger partial charge is 0.481 e. The first-order chi connectivity index (χ1) is 7.41. The van der Waals surface area contributed by atoms with E-state index in [4.69, 9.17) is 10.8 Å². The lowest BCUT2D eigenvalue weighted by Gasteiger charge is -2.19. The number of carbonyl (C=O) groups excluding carboxylic acids is 2. The van der Waals surface area contributed by atoms with E-state index in [-0.39, 0.29) is 25.4 Å². The molecular weight excluding hydrogens is 214 g/mol. The highest BCUT2D eigenvalue weighted by molar-refractivity contribution is 5.76. The number of hydrogen-bond acceptors (Lipinski definition) is 4. The monoisotopic (exact) mass is 231 g/mol. The van der Waals surface area contributed by atoms with Crippen molar-refractivity contribution in [3.8, 4) is 0 Å². The maximum absolute atomic E-state index is 10.7. The molecule has 4 N–H and O–H groups in total. The molecule has 0 aromatic heterocycles. The zero-order valence-corrected chi connectivity index (χ0v) is 9.23. The molecule has 7 heteroatoms. The van der Waals surface area contributed by atoms with E-state index < -0.39 is 11.9 Å². The Morgan fingerprint density at radius 1 is 1.31 bits per heavy atom. The molecule has 16 heavy (non-hydrogen) atoms. The van der Waals surface area contributed by atoms with Crippen LogP contribution in [0.4, 0.5) is 0 Å². The molecule has 0 spiro atoms. The fourth-order valence-electron chi connectivity index (χ4n) is 1.13. The summed E-state index contributed by atoms with van der Waals surface area (Å²) >= 11 is 0. The Kier molecular flexibility index (Phi) is 6.86. The summed E-state index contributed by atoms with van der Waals surface area (Å²) in [5.41, 5.74) is 5.02. The number of hydrogen-bond donors (Lipinski definition) is 3. The van der Waals surface area contributed by atoms with E-state index in [1.165, 1.54) is 6.92 Å². The number of nitrogens with zero attached hydrogens (tertiary/aromatic N) is 1. The first-order valence-electron chi connectivity index (χ1n) is 4.88. The Morgan fingerprint density at radius 3 is 2.38 bits per heavy atom. The van der Waals surface area contributed by atoms with Crippen LogP contribution in [-0.2, 0) is 14.4 Å². The fraction of sp³-hybridized carbons (Fsp3) is 0.667. The first-order valence-corrected chi connectivity index (χ1v) is 4.88. The van der Waals surface area contributed by atoms with Gasteiger partial charge in [0.15, 0.2) is 0 Å². The van der Waals surface area contributed by atoms with E-state index in [1.807, 2.05) is 0 Å². The van der Waals surface area contributed by atoms with Crippen LogP contribution >= 0.6 is 0 Å². The summed E-state index contributed by atoms with van der Waals surface area (Å²) in [5.74, 6) is -1.63. The number of rotatable bonds is 8. The van der Waals surface area contributed by atoms with Gasteiger partial charge in [-0.25, -0.2) is 0 Å². The third kappa shape index (κ3) is 8.95. The molecule has 0 radical (unpaired) electrons. The lowest BCUT2D eigenvalue weighted by molar-refractivity contribution is -0.137. The quantitative estimate of drug-likeness (QED) is 0.465. The maximum atomic E-state index is 10.7. The van der Waals surface area contributed by atoms with E-state index in [1.54, 1.807) is 4.90 Å². The highest BCUT2D eigenvalue weighted by Crippen LogP contribution is 1.91. The molecule has 0 heterocycles. The molecule has 0 aliphatic rings. The van der Waals surface area contributed by atoms with Gasteiger partial charge in [-0.1, -0.05) is 0 Å². The van der Waals surface area contributed by atoms with Gasteiger partial charge in [0.05, 0.1) is 13.0 Å². The molecule has 0 aliphatic carbocycles. The molecule has 0 fully saturated rings. The highest BCUT2D eigenvalue weighted by Gasteiger charge is 2.09. The standard InChI is InChI=1S/C9H17N3O4/c1-7(13)11-3-5-12(6-8(10)14)4-2-9(15)16/h2-6H2,1H3,(H2,10,14)(H,11,13)(H,15,16). The van der Waals surface area contributed by atoms with Crippen molar-refractivity contribution in [3.05, 3.63) is 0 Å². The lowest BCUT2D eigenvalue weighted by atomic mass is 10.3. The molecule has 0 unspecified atom stereocenters. The minimum atomic E-state index is -0.936. The van der Waals surface area contributed by atoms with Crippen LogP contribution in [0.1, 0.15) is 13.3 Å². The van der Waals surface area contributed by atoms with Gasteiger partial charge in [-0.2, -0.15) is 0 Å². The number of aliphatic carboxylic acids is 1. The molecule has 0 saturated carbocycles. The molecule has 7 nitrogen and oxygen atoms in total. The second kappa shape index (κ2) is 7.63. The predicted molar refractivity (Wildman–Crippen MR) is 56.6 cm³/mol. The third-order valence-electron chi connectivity index (χ3n) is 1.82. The van der Waals surface area contributed by atoms with Crippen LogP contribution in [0.15, 0.2) is 0 Å². The van der Waals surface area contributed by atoms with Crippen molar-refractivity contribution < 1.29 is 19.5 Å². The van der Waals surface area contributed by atoms with Crippen molar-refractivity contribution in [1.82, 2.24) is 10.2 Å². The summed E-state index contributed by atoms with van der Waals surface area (Å²) in [6, 6.07) is 0. The van der Waals surface area contributed by atoms with Crippen LogP contribution < -0.4 is 11.1 Å². The van der Waals surface area contributed by atoms with Gasteiger partial charge in [-0.05, 0) is 0 Å². The average molecular weight is 231 g/mol. The van der Waals surface area contributed by atoms with Crippen LogP contribution in [0.25, 0.3) is 0 Å². The van der Waals surface area contributed by atoms with Gasteiger partial charge in [0.1, 0.15) is 0 Å². The van der Waals surface area contributed by atoms with Crippen LogP contribution in [0, 0.1) is 0 Å². The minimum absolute atomic E-state index is 0.00708. The summed E-state index contributed by atoms with van der Waals surface area (Å²) < 4.78 is 0. The highest BCUT2D eigenvalue weighted by atomic mass is 16.4. The molecule has 0 saturated heterocycles. The normalized spacial score (nSPS) is 10.1. The Labute approximate surface area is 93.6 Å². The van der Waals surface area contributed by atoms with E-state index in [0.717, 1.165) is 0 Å². The number of carboxylic acids is 1. The van der Waals surface area contributed by atoms with Crippen molar-refractivity contribution in [2.75, 3.05) is 26.2 Å². The Balaban J connectivity index is 3.94. The molecule has 2 amide bonds. The topological polar surface area (TPSA) is 113 Å². The van der Waals surface area contributed by atoms with Crippen LogP contribution in [0.3, 0.4) is 0 Å². The molecule has 0 aromatic carbocycles. The molecule has 0 aliphatic heterocycles. The van der Waals surface area contributed by atoms with Gasteiger partial charge in [0, 0.05) is 26.6 Å². The zero-order valence-electron chi connectivity index (χ0n) is 9.23. The van der Waals surface area contributed by atoms with Gasteiger partial charge in [0.2, 0.25) is 11.8 Å². The van der Waals surface area contributed by atoms with Crippen LogP contribution in [0.5, 0.6) is 0 Å². The lowest BCUT2D eigenvalue weighted by Crippen LogP contribution is -2.40. The molecule has 92 valence electrons. The van der Waals surface area contributed by atoms with Crippen molar-refractivity contribution >= 4 is 17.8 Å². The van der Waals surface area contributed by atoms with E-state index in [2.05, 4.69) is 5.32 Å². The average Bonchev–Trinajstić information content (AvgIpc) is 2.12. The smallest absolute Gasteiger partial charge is 0.304 e. The van der Waals surface area contributed by atoms with Crippen molar-refractivity contribution in [3.63, 3.8) is 0 Å². The van der Waals surface area contributed by atoms with E-state index in [0.29, 0.717) is 13.1 Å². The van der Waals surface area contributed by atoms with Gasteiger partial charge in [0.25, 0.3) is 0 Å². The predicted octanol–water partition coefficient (Wildman–Crippen LogP) is -1.62. The summed E-state index contributed by atoms with van der Waals surface area (Å²) in [6.45, 7) is 2.37. The van der Waals surface area contributed by atoms with Gasteiger partial charge >= 0.3 is 5.97 Å². The van der Waals surface area contributed by atoms with E-state index in [9.17, 15) is 14.4 Å². The summed E-state index contributed by atoms with van der Waals surface area (Å²) in [4.78, 5) is 33.2. The Hall–Kier alpha value is -1.63. The molecular formula is C9H17N3O4. The summed E-state index contributed by atoms with van der Waals surface area (Å²) in [5, 5.41) is 11.1.